The van der Waals surface area contributed by atoms with Gasteiger partial charge in [-0.05, 0) is 13.8 Å². The number of aromatic nitrogens is 1. The number of aliphatic hydroxyl groups is 1. The molecule has 21 heavy (non-hydrogen) atoms. The van der Waals surface area contributed by atoms with Gasteiger partial charge in [0.1, 0.15) is 10.9 Å². The summed E-state index contributed by atoms with van der Waals surface area (Å²) in [5, 5.41) is 9.58. The van der Waals surface area contributed by atoms with Gasteiger partial charge in [-0.1, -0.05) is 11.6 Å². The van der Waals surface area contributed by atoms with Crippen molar-refractivity contribution in [2.75, 3.05) is 6.54 Å². The smallest absolute Gasteiger partial charge is 0.387 e. The molecule has 0 aliphatic rings. The second kappa shape index (κ2) is 7.33. The topological polar surface area (TPSA) is 80.7 Å². The van der Waals surface area contributed by atoms with Gasteiger partial charge in [-0.3, -0.25) is 4.99 Å². The molecular formula is C13H16ClF2N3O2. The maximum atomic E-state index is 12.4. The summed E-state index contributed by atoms with van der Waals surface area (Å²) in [5.74, 6) is -0.156. The van der Waals surface area contributed by atoms with Crippen LogP contribution in [0.25, 0.3) is 5.57 Å². The van der Waals surface area contributed by atoms with Gasteiger partial charge in [0, 0.05) is 35.8 Å². The van der Waals surface area contributed by atoms with Crippen LogP contribution in [0.5, 0.6) is 5.75 Å². The lowest BCUT2D eigenvalue weighted by Gasteiger charge is -2.14. The van der Waals surface area contributed by atoms with Crippen LogP contribution in [0.3, 0.4) is 0 Å². The first-order valence-electron chi connectivity index (χ1n) is 5.98. The zero-order valence-corrected chi connectivity index (χ0v) is 12.3. The summed E-state index contributed by atoms with van der Waals surface area (Å²) >= 11 is 5.66. The molecule has 0 aromatic carbocycles. The minimum absolute atomic E-state index is 0.0131. The number of halogens is 3. The average Bonchev–Trinajstić information content (AvgIpc) is 2.34. The van der Waals surface area contributed by atoms with E-state index in [1.807, 2.05) is 0 Å². The minimum Gasteiger partial charge on any atom is -0.434 e. The van der Waals surface area contributed by atoms with Crippen molar-refractivity contribution in [2.24, 2.45) is 10.7 Å². The Morgan fingerprint density at radius 2 is 2.29 bits per heavy atom. The molecule has 5 nitrogen and oxygen atoms in total. The maximum absolute atomic E-state index is 12.4. The van der Waals surface area contributed by atoms with Crippen LogP contribution in [0, 0.1) is 0 Å². The minimum atomic E-state index is -3.01. The van der Waals surface area contributed by atoms with Crippen LogP contribution in [0.2, 0.25) is 5.15 Å². The van der Waals surface area contributed by atoms with Crippen molar-refractivity contribution in [1.29, 1.82) is 0 Å². The van der Waals surface area contributed by atoms with Crippen LogP contribution in [0.4, 0.5) is 8.78 Å². The van der Waals surface area contributed by atoms with Crippen LogP contribution in [0.1, 0.15) is 19.4 Å². The number of nitrogens with zero attached hydrogens (tertiary/aromatic N) is 2. The van der Waals surface area contributed by atoms with Crippen molar-refractivity contribution in [3.63, 3.8) is 0 Å². The summed E-state index contributed by atoms with van der Waals surface area (Å²) in [6, 6.07) is 1.16. The van der Waals surface area contributed by atoms with E-state index in [1.54, 1.807) is 13.8 Å². The predicted octanol–water partition coefficient (Wildman–Crippen LogP) is 2.48. The number of allylic oxidation sites excluding steroid dienone is 1. The highest BCUT2D eigenvalue weighted by atomic mass is 35.5. The Morgan fingerprint density at radius 1 is 1.62 bits per heavy atom. The maximum Gasteiger partial charge on any atom is 0.387 e. The Morgan fingerprint density at radius 3 is 2.81 bits per heavy atom. The molecule has 0 aliphatic heterocycles. The SMILES string of the molecule is CC(C)(O)CN=C/C(=C\N)c1cnc(Cl)cc1OC(F)F. The van der Waals surface area contributed by atoms with Gasteiger partial charge in [0.15, 0.2) is 0 Å². The number of ether oxygens (including phenoxy) is 1. The molecule has 1 rings (SSSR count). The van der Waals surface area contributed by atoms with E-state index < -0.39 is 12.2 Å². The van der Waals surface area contributed by atoms with Crippen molar-refractivity contribution < 1.29 is 18.6 Å². The molecule has 116 valence electrons. The first-order chi connectivity index (χ1) is 9.73. The molecule has 1 heterocycles. The van der Waals surface area contributed by atoms with Crippen LogP contribution >= 0.6 is 11.6 Å². The second-order valence-electron chi connectivity index (χ2n) is 4.79. The van der Waals surface area contributed by atoms with E-state index in [9.17, 15) is 13.9 Å². The van der Waals surface area contributed by atoms with Crippen molar-refractivity contribution in [3.05, 3.63) is 29.2 Å². The fourth-order valence-electron chi connectivity index (χ4n) is 1.39. The highest BCUT2D eigenvalue weighted by molar-refractivity contribution is 6.29. The van der Waals surface area contributed by atoms with Gasteiger partial charge in [-0.25, -0.2) is 4.98 Å². The van der Waals surface area contributed by atoms with Gasteiger partial charge < -0.3 is 15.6 Å². The van der Waals surface area contributed by atoms with E-state index in [1.165, 1.54) is 18.6 Å². The Bertz CT molecular complexity index is 543. The molecule has 3 N–H and O–H groups in total. The number of hydrogen-bond acceptors (Lipinski definition) is 5. The summed E-state index contributed by atoms with van der Waals surface area (Å²) in [6.07, 6.45) is 3.78. The Hall–Kier alpha value is -1.73. The second-order valence-corrected chi connectivity index (χ2v) is 5.17. The highest BCUT2D eigenvalue weighted by Gasteiger charge is 2.14. The lowest BCUT2D eigenvalue weighted by atomic mass is 10.1. The first-order valence-corrected chi connectivity index (χ1v) is 6.35. The van der Waals surface area contributed by atoms with E-state index in [0.29, 0.717) is 5.57 Å². The number of nitrogens with two attached hydrogens (primary N) is 1. The fraction of sp³-hybridized carbons (Fsp3) is 0.385. The normalized spacial score (nSPS) is 13.2. The van der Waals surface area contributed by atoms with Crippen molar-refractivity contribution in [3.8, 4) is 5.75 Å². The van der Waals surface area contributed by atoms with Gasteiger partial charge >= 0.3 is 6.61 Å². The summed E-state index contributed by atoms with van der Waals surface area (Å²) in [7, 11) is 0. The third-order valence-corrected chi connectivity index (χ3v) is 2.45. The first kappa shape index (κ1) is 17.3. The zero-order valence-electron chi connectivity index (χ0n) is 11.6. The van der Waals surface area contributed by atoms with Gasteiger partial charge in [-0.15, -0.1) is 0 Å². The standard InChI is InChI=1S/C13H16ClF2N3O2/c1-13(2,20)7-18-5-8(4-17)9-6-19-11(14)3-10(9)21-12(15)16/h3-6,12,20H,7,17H2,1-2H3/b8-4+,18-5?. The van der Waals surface area contributed by atoms with Gasteiger partial charge in [0.2, 0.25) is 0 Å². The average molecular weight is 320 g/mol. The van der Waals surface area contributed by atoms with E-state index >= 15 is 0 Å². The lowest BCUT2D eigenvalue weighted by molar-refractivity contribution is -0.0500. The number of alkyl halides is 2. The van der Waals surface area contributed by atoms with Crippen molar-refractivity contribution in [1.82, 2.24) is 4.98 Å². The highest BCUT2D eigenvalue weighted by Crippen LogP contribution is 2.28. The van der Waals surface area contributed by atoms with E-state index in [2.05, 4.69) is 14.7 Å². The molecule has 0 spiro atoms. The fourth-order valence-corrected chi connectivity index (χ4v) is 1.54. The van der Waals surface area contributed by atoms with Crippen LogP contribution in [0.15, 0.2) is 23.5 Å². The molecule has 0 bridgehead atoms. The molecule has 0 radical (unpaired) electrons. The molecule has 1 aromatic rings. The van der Waals surface area contributed by atoms with Crippen LogP contribution in [-0.4, -0.2) is 35.1 Å². The van der Waals surface area contributed by atoms with Gasteiger partial charge in [0.25, 0.3) is 0 Å². The largest absolute Gasteiger partial charge is 0.434 e. The summed E-state index contributed by atoms with van der Waals surface area (Å²) in [5.41, 5.74) is 5.03. The Labute approximate surface area is 126 Å². The predicted molar refractivity (Wildman–Crippen MR) is 77.7 cm³/mol. The summed E-state index contributed by atoms with van der Waals surface area (Å²) in [4.78, 5) is 7.81. The lowest BCUT2D eigenvalue weighted by Crippen LogP contribution is -2.22. The van der Waals surface area contributed by atoms with Gasteiger partial charge in [0.05, 0.1) is 12.1 Å². The van der Waals surface area contributed by atoms with Crippen LogP contribution in [-0.2, 0) is 0 Å². The molecule has 8 heteroatoms. The van der Waals surface area contributed by atoms with E-state index in [4.69, 9.17) is 17.3 Å². The zero-order chi connectivity index (χ0) is 16.0. The Balaban J connectivity index is 3.06. The molecule has 0 aliphatic carbocycles. The number of rotatable bonds is 6. The molecular weight excluding hydrogens is 304 g/mol. The van der Waals surface area contributed by atoms with E-state index in [0.717, 1.165) is 6.07 Å². The molecule has 0 fully saturated rings. The number of hydrogen-bond donors (Lipinski definition) is 2. The third-order valence-electron chi connectivity index (χ3n) is 2.25. The third kappa shape index (κ3) is 6.05. The quantitative estimate of drug-likeness (QED) is 0.623. The summed E-state index contributed by atoms with van der Waals surface area (Å²) < 4.78 is 29.2. The molecule has 0 saturated heterocycles. The number of pyridine rings is 1. The van der Waals surface area contributed by atoms with Crippen molar-refractivity contribution >= 4 is 23.4 Å². The van der Waals surface area contributed by atoms with E-state index in [-0.39, 0.29) is 23.0 Å². The molecule has 0 unspecified atom stereocenters. The molecule has 0 saturated carbocycles. The molecule has 0 amide bonds. The molecule has 1 aromatic heterocycles. The van der Waals surface area contributed by atoms with Crippen molar-refractivity contribution in [2.45, 2.75) is 26.1 Å². The monoisotopic (exact) mass is 319 g/mol. The van der Waals surface area contributed by atoms with Crippen LogP contribution < -0.4 is 10.5 Å². The summed E-state index contributed by atoms with van der Waals surface area (Å²) in [6.45, 7) is 0.294. The van der Waals surface area contributed by atoms with Gasteiger partial charge in [-0.2, -0.15) is 8.78 Å². The molecule has 0 atom stereocenters. The Kier molecular flexibility index (Phi) is 6.04. The number of aliphatic imine (C=N–C) groups is 1.